The summed E-state index contributed by atoms with van der Waals surface area (Å²) in [5.41, 5.74) is 3.01. The van der Waals surface area contributed by atoms with Crippen LogP contribution in [-0.2, 0) is 0 Å². The Balaban J connectivity index is 1.67. The molecule has 2 aromatic carbocycles. The predicted molar refractivity (Wildman–Crippen MR) is 108 cm³/mol. The van der Waals surface area contributed by atoms with Crippen LogP contribution < -0.4 is 5.32 Å². The van der Waals surface area contributed by atoms with E-state index in [1.54, 1.807) is 24.3 Å². The Bertz CT molecular complexity index is 1160. The van der Waals surface area contributed by atoms with Gasteiger partial charge in [0.1, 0.15) is 4.83 Å². The maximum atomic E-state index is 12.7. The highest BCUT2D eigenvalue weighted by atomic mass is 32.1. The van der Waals surface area contributed by atoms with Crippen LogP contribution in [0.25, 0.3) is 15.9 Å². The number of amides is 1. The first-order valence-corrected chi connectivity index (χ1v) is 9.31. The van der Waals surface area contributed by atoms with Gasteiger partial charge in [0.25, 0.3) is 5.91 Å². The number of thiophene rings is 1. The Morgan fingerprint density at radius 2 is 1.81 bits per heavy atom. The molecule has 4 rings (SSSR count). The molecule has 0 radical (unpaired) electrons. The van der Waals surface area contributed by atoms with Crippen molar-refractivity contribution in [3.05, 3.63) is 76.8 Å². The van der Waals surface area contributed by atoms with Gasteiger partial charge in [0.2, 0.25) is 0 Å². The molecule has 134 valence electrons. The smallest absolute Gasteiger partial charge is 0.265 e. The van der Waals surface area contributed by atoms with Crippen molar-refractivity contribution < 1.29 is 9.59 Å². The first-order valence-electron chi connectivity index (χ1n) is 8.50. The molecule has 0 saturated heterocycles. The van der Waals surface area contributed by atoms with E-state index in [0.717, 1.165) is 21.6 Å². The number of hydrogen-bond acceptors (Lipinski definition) is 4. The van der Waals surface area contributed by atoms with Gasteiger partial charge in [-0.1, -0.05) is 30.3 Å². The third-order valence-electron chi connectivity index (χ3n) is 4.30. The topological polar surface area (TPSA) is 64.0 Å². The van der Waals surface area contributed by atoms with E-state index in [2.05, 4.69) is 10.4 Å². The highest BCUT2D eigenvalue weighted by molar-refractivity contribution is 7.20. The van der Waals surface area contributed by atoms with E-state index in [4.69, 9.17) is 0 Å². The summed E-state index contributed by atoms with van der Waals surface area (Å²) in [6, 6.07) is 18.7. The van der Waals surface area contributed by atoms with E-state index in [1.165, 1.54) is 18.3 Å². The number of fused-ring (bicyclic) bond motifs is 1. The standard InChI is InChI=1S/C21H17N3O2S/c1-13-18-12-19(20(26)22-16-8-6-7-15(11-16)14(2)25)27-21(18)24(23-13)17-9-4-3-5-10-17/h3-12H,1-2H3,(H,22,26). The van der Waals surface area contributed by atoms with Crippen LogP contribution >= 0.6 is 11.3 Å². The van der Waals surface area contributed by atoms with E-state index < -0.39 is 0 Å². The Kier molecular flexibility index (Phi) is 4.33. The fourth-order valence-corrected chi connectivity index (χ4v) is 3.99. The van der Waals surface area contributed by atoms with Crippen molar-refractivity contribution in [1.29, 1.82) is 0 Å². The second-order valence-corrected chi connectivity index (χ2v) is 7.28. The number of rotatable bonds is 4. The highest BCUT2D eigenvalue weighted by Gasteiger charge is 2.17. The molecule has 6 heteroatoms. The zero-order valence-electron chi connectivity index (χ0n) is 14.9. The van der Waals surface area contributed by atoms with Gasteiger partial charge in [-0.15, -0.1) is 11.3 Å². The maximum Gasteiger partial charge on any atom is 0.265 e. The monoisotopic (exact) mass is 375 g/mol. The van der Waals surface area contributed by atoms with E-state index in [1.807, 2.05) is 48.0 Å². The van der Waals surface area contributed by atoms with Gasteiger partial charge in [0, 0.05) is 16.6 Å². The number of nitrogens with zero attached hydrogens (tertiary/aromatic N) is 2. The molecule has 1 N–H and O–H groups in total. The number of carbonyl (C=O) groups excluding carboxylic acids is 2. The van der Waals surface area contributed by atoms with Crippen molar-refractivity contribution in [3.8, 4) is 5.69 Å². The highest BCUT2D eigenvalue weighted by Crippen LogP contribution is 2.30. The van der Waals surface area contributed by atoms with Gasteiger partial charge >= 0.3 is 0 Å². The summed E-state index contributed by atoms with van der Waals surface area (Å²) in [4.78, 5) is 25.8. The third-order valence-corrected chi connectivity index (χ3v) is 5.41. The second kappa shape index (κ2) is 6.81. The molecule has 0 aliphatic heterocycles. The van der Waals surface area contributed by atoms with Crippen LogP contribution in [0.1, 0.15) is 32.6 Å². The molecule has 0 fully saturated rings. The van der Waals surface area contributed by atoms with Gasteiger partial charge in [-0.2, -0.15) is 5.10 Å². The molecule has 1 amide bonds. The summed E-state index contributed by atoms with van der Waals surface area (Å²) >= 11 is 1.40. The van der Waals surface area contributed by atoms with Crippen molar-refractivity contribution in [1.82, 2.24) is 9.78 Å². The number of nitrogens with one attached hydrogen (secondary N) is 1. The molecule has 0 unspecified atom stereocenters. The molecule has 2 heterocycles. The number of ketones is 1. The van der Waals surface area contributed by atoms with Crippen molar-refractivity contribution in [3.63, 3.8) is 0 Å². The van der Waals surface area contributed by atoms with Crippen LogP contribution in [0.2, 0.25) is 0 Å². The van der Waals surface area contributed by atoms with E-state index >= 15 is 0 Å². The Hall–Kier alpha value is -3.25. The largest absolute Gasteiger partial charge is 0.321 e. The van der Waals surface area contributed by atoms with Gasteiger partial charge in [-0.3, -0.25) is 9.59 Å². The van der Waals surface area contributed by atoms with Crippen LogP contribution in [0.15, 0.2) is 60.7 Å². The van der Waals surface area contributed by atoms with Gasteiger partial charge < -0.3 is 5.32 Å². The zero-order chi connectivity index (χ0) is 19.0. The van der Waals surface area contributed by atoms with Crippen molar-refractivity contribution in [2.45, 2.75) is 13.8 Å². The van der Waals surface area contributed by atoms with Gasteiger partial charge in [-0.05, 0) is 44.2 Å². The number of anilines is 1. The first-order chi connectivity index (χ1) is 13.0. The second-order valence-electron chi connectivity index (χ2n) is 6.25. The lowest BCUT2D eigenvalue weighted by Crippen LogP contribution is -2.10. The van der Waals surface area contributed by atoms with Gasteiger partial charge in [0.15, 0.2) is 5.78 Å². The Morgan fingerprint density at radius 1 is 1.04 bits per heavy atom. The predicted octanol–water partition coefficient (Wildman–Crippen LogP) is 4.85. The normalized spacial score (nSPS) is 10.9. The third kappa shape index (κ3) is 3.27. The number of aryl methyl sites for hydroxylation is 1. The molecule has 0 atom stereocenters. The van der Waals surface area contributed by atoms with E-state index in [9.17, 15) is 9.59 Å². The number of hydrogen-bond donors (Lipinski definition) is 1. The summed E-state index contributed by atoms with van der Waals surface area (Å²) in [5, 5.41) is 8.43. The Morgan fingerprint density at radius 3 is 2.56 bits per heavy atom. The van der Waals surface area contributed by atoms with Crippen LogP contribution in [0.3, 0.4) is 0 Å². The minimum absolute atomic E-state index is 0.0356. The molecule has 0 bridgehead atoms. The lowest BCUT2D eigenvalue weighted by molar-refractivity contribution is 0.101. The number of benzene rings is 2. The average Bonchev–Trinajstić information content (AvgIpc) is 3.23. The summed E-state index contributed by atoms with van der Waals surface area (Å²) in [6.07, 6.45) is 0. The minimum atomic E-state index is -0.198. The molecular weight excluding hydrogens is 358 g/mol. The zero-order valence-corrected chi connectivity index (χ0v) is 15.7. The molecule has 5 nitrogen and oxygen atoms in total. The summed E-state index contributed by atoms with van der Waals surface area (Å²) in [6.45, 7) is 3.44. The van der Waals surface area contributed by atoms with Crippen molar-refractivity contribution >= 4 is 38.9 Å². The molecule has 4 aromatic rings. The number of aromatic nitrogens is 2. The number of Topliss-reactive ketones (excluding diaryl/α,β-unsaturated/α-hetero) is 1. The fraction of sp³-hybridized carbons (Fsp3) is 0.0952. The lowest BCUT2D eigenvalue weighted by Gasteiger charge is -2.05. The molecule has 2 aromatic heterocycles. The molecule has 27 heavy (non-hydrogen) atoms. The van der Waals surface area contributed by atoms with Crippen molar-refractivity contribution in [2.24, 2.45) is 0 Å². The summed E-state index contributed by atoms with van der Waals surface area (Å²) < 4.78 is 1.86. The van der Waals surface area contributed by atoms with Gasteiger partial charge in [0.05, 0.1) is 16.3 Å². The SMILES string of the molecule is CC(=O)c1cccc(NC(=O)c2cc3c(C)nn(-c4ccccc4)c3s2)c1. The first kappa shape index (κ1) is 17.2. The van der Waals surface area contributed by atoms with Crippen LogP contribution in [0.5, 0.6) is 0 Å². The molecule has 0 aliphatic carbocycles. The minimum Gasteiger partial charge on any atom is -0.321 e. The molecule has 0 spiro atoms. The summed E-state index contributed by atoms with van der Waals surface area (Å²) in [7, 11) is 0. The average molecular weight is 375 g/mol. The summed E-state index contributed by atoms with van der Waals surface area (Å²) in [5.74, 6) is -0.234. The molecular formula is C21H17N3O2S. The van der Waals surface area contributed by atoms with Crippen LogP contribution in [0.4, 0.5) is 5.69 Å². The van der Waals surface area contributed by atoms with E-state index in [-0.39, 0.29) is 11.7 Å². The van der Waals surface area contributed by atoms with Crippen molar-refractivity contribution in [2.75, 3.05) is 5.32 Å². The maximum absolute atomic E-state index is 12.7. The Labute approximate surface area is 160 Å². The van der Waals surface area contributed by atoms with E-state index in [0.29, 0.717) is 16.1 Å². The van der Waals surface area contributed by atoms with Crippen LogP contribution in [-0.4, -0.2) is 21.5 Å². The number of para-hydroxylation sites is 1. The molecule has 0 saturated carbocycles. The fourth-order valence-electron chi connectivity index (χ4n) is 2.91. The van der Waals surface area contributed by atoms with Gasteiger partial charge in [-0.25, -0.2) is 4.68 Å². The lowest BCUT2D eigenvalue weighted by atomic mass is 10.1. The molecule has 0 aliphatic rings. The van der Waals surface area contributed by atoms with Crippen LogP contribution in [0, 0.1) is 6.92 Å². The quantitative estimate of drug-likeness (QED) is 0.519. The number of carbonyl (C=O) groups is 2.